The topological polar surface area (TPSA) is 58.0 Å². The van der Waals surface area contributed by atoms with E-state index in [1.807, 2.05) is 31.2 Å². The smallest absolute Gasteiger partial charge is 0.0950 e. The molecular weight excluding hydrogens is 214 g/mol. The molecule has 0 aliphatic rings. The summed E-state index contributed by atoms with van der Waals surface area (Å²) in [6, 6.07) is 8.07. The molecule has 90 valence electrons. The average molecular weight is 231 g/mol. The maximum Gasteiger partial charge on any atom is 0.0950 e. The average Bonchev–Trinajstić information content (AvgIpc) is 2.38. The van der Waals surface area contributed by atoms with E-state index in [2.05, 4.69) is 22.4 Å². The van der Waals surface area contributed by atoms with Crippen LogP contribution in [-0.4, -0.2) is 28.0 Å². The summed E-state index contributed by atoms with van der Waals surface area (Å²) in [6.07, 6.45) is 1.73. The number of anilines is 1. The molecule has 0 aliphatic heterocycles. The molecule has 4 nitrogen and oxygen atoms in total. The molecule has 0 radical (unpaired) electrons. The number of aromatic nitrogens is 2. The number of benzene rings is 1. The first-order valence-corrected chi connectivity index (χ1v) is 5.80. The van der Waals surface area contributed by atoms with Crippen molar-refractivity contribution in [2.75, 3.05) is 11.9 Å². The Morgan fingerprint density at radius 1 is 1.29 bits per heavy atom. The van der Waals surface area contributed by atoms with Crippen molar-refractivity contribution in [2.45, 2.75) is 19.9 Å². The van der Waals surface area contributed by atoms with Crippen molar-refractivity contribution in [1.82, 2.24) is 10.2 Å². The zero-order chi connectivity index (χ0) is 12.3. The highest BCUT2D eigenvalue weighted by molar-refractivity contribution is 5.90. The van der Waals surface area contributed by atoms with Crippen molar-refractivity contribution in [3.63, 3.8) is 0 Å². The summed E-state index contributed by atoms with van der Waals surface area (Å²) in [5.41, 5.74) is 1.84. The van der Waals surface area contributed by atoms with E-state index in [1.165, 1.54) is 0 Å². The van der Waals surface area contributed by atoms with Crippen LogP contribution in [0.25, 0.3) is 10.9 Å². The van der Waals surface area contributed by atoms with Crippen molar-refractivity contribution < 1.29 is 5.11 Å². The van der Waals surface area contributed by atoms with E-state index in [9.17, 15) is 0 Å². The van der Waals surface area contributed by atoms with Gasteiger partial charge in [0.1, 0.15) is 0 Å². The van der Waals surface area contributed by atoms with Gasteiger partial charge in [-0.05, 0) is 18.9 Å². The van der Waals surface area contributed by atoms with Gasteiger partial charge < -0.3 is 10.4 Å². The summed E-state index contributed by atoms with van der Waals surface area (Å²) in [4.78, 5) is 0. The van der Waals surface area contributed by atoms with E-state index < -0.39 is 0 Å². The van der Waals surface area contributed by atoms with Gasteiger partial charge in [-0.3, -0.25) is 0 Å². The largest absolute Gasteiger partial charge is 0.396 e. The van der Waals surface area contributed by atoms with Gasteiger partial charge in [0.05, 0.1) is 17.4 Å². The second-order valence-electron chi connectivity index (χ2n) is 4.37. The molecule has 0 fully saturated rings. The molecule has 1 heterocycles. The van der Waals surface area contributed by atoms with Crippen molar-refractivity contribution in [1.29, 1.82) is 0 Å². The van der Waals surface area contributed by atoms with Gasteiger partial charge in [-0.2, -0.15) is 10.2 Å². The van der Waals surface area contributed by atoms with Gasteiger partial charge in [0.15, 0.2) is 0 Å². The van der Waals surface area contributed by atoms with Crippen LogP contribution in [-0.2, 0) is 0 Å². The first kappa shape index (κ1) is 11.8. The highest BCUT2D eigenvalue weighted by Gasteiger charge is 2.12. The van der Waals surface area contributed by atoms with Crippen LogP contribution in [0.3, 0.4) is 0 Å². The van der Waals surface area contributed by atoms with E-state index in [0.29, 0.717) is 0 Å². The van der Waals surface area contributed by atoms with E-state index in [-0.39, 0.29) is 18.6 Å². The molecule has 0 saturated heterocycles. The molecule has 2 unspecified atom stereocenters. The Morgan fingerprint density at radius 2 is 2.06 bits per heavy atom. The zero-order valence-corrected chi connectivity index (χ0v) is 10.1. The molecule has 1 aromatic carbocycles. The van der Waals surface area contributed by atoms with E-state index >= 15 is 0 Å². The van der Waals surface area contributed by atoms with Gasteiger partial charge in [-0.1, -0.05) is 25.1 Å². The summed E-state index contributed by atoms with van der Waals surface area (Å²) < 4.78 is 0. The van der Waals surface area contributed by atoms with Crippen molar-refractivity contribution in [3.05, 3.63) is 30.5 Å². The first-order chi connectivity index (χ1) is 8.22. The second kappa shape index (κ2) is 5.10. The molecule has 2 atom stereocenters. The SMILES string of the molecule is CC(CO)C(C)Nc1cnnc2ccccc12. The minimum atomic E-state index is 0.171. The Labute approximate surface area is 101 Å². The molecule has 17 heavy (non-hydrogen) atoms. The highest BCUT2D eigenvalue weighted by Crippen LogP contribution is 2.21. The lowest BCUT2D eigenvalue weighted by atomic mass is 10.0. The van der Waals surface area contributed by atoms with Crippen LogP contribution in [0, 0.1) is 5.92 Å². The van der Waals surface area contributed by atoms with Gasteiger partial charge in [0, 0.05) is 18.0 Å². The Hall–Kier alpha value is -1.68. The van der Waals surface area contributed by atoms with Crippen molar-refractivity contribution in [3.8, 4) is 0 Å². The molecule has 0 amide bonds. The lowest BCUT2D eigenvalue weighted by Crippen LogP contribution is -2.26. The predicted molar refractivity (Wildman–Crippen MR) is 68.9 cm³/mol. The maximum absolute atomic E-state index is 9.13. The Morgan fingerprint density at radius 3 is 2.82 bits per heavy atom. The lowest BCUT2D eigenvalue weighted by molar-refractivity contribution is 0.226. The van der Waals surface area contributed by atoms with Crippen LogP contribution in [0.2, 0.25) is 0 Å². The standard InChI is InChI=1S/C13H17N3O/c1-9(8-17)10(2)15-13-7-14-16-12-6-4-3-5-11(12)13/h3-7,9-10,17H,8H2,1-2H3,(H,15,16). The van der Waals surface area contributed by atoms with E-state index in [1.54, 1.807) is 6.20 Å². The van der Waals surface area contributed by atoms with Gasteiger partial charge in [0.25, 0.3) is 0 Å². The molecule has 0 bridgehead atoms. The molecular formula is C13H17N3O. The number of nitrogens with zero attached hydrogens (tertiary/aromatic N) is 2. The normalized spacial score (nSPS) is 14.5. The highest BCUT2D eigenvalue weighted by atomic mass is 16.3. The summed E-state index contributed by atoms with van der Waals surface area (Å²) in [5, 5.41) is 21.6. The number of hydrogen-bond donors (Lipinski definition) is 2. The Bertz CT molecular complexity index is 495. The summed E-state index contributed by atoms with van der Waals surface area (Å²) in [7, 11) is 0. The van der Waals surface area contributed by atoms with Gasteiger partial charge in [-0.25, -0.2) is 0 Å². The number of hydrogen-bond acceptors (Lipinski definition) is 4. The van der Waals surface area contributed by atoms with Crippen molar-refractivity contribution in [2.24, 2.45) is 5.92 Å². The molecule has 0 saturated carbocycles. The van der Waals surface area contributed by atoms with Gasteiger partial charge >= 0.3 is 0 Å². The number of fused-ring (bicyclic) bond motifs is 1. The molecule has 1 aromatic heterocycles. The Balaban J connectivity index is 2.30. The third kappa shape index (κ3) is 2.53. The number of aliphatic hydroxyl groups excluding tert-OH is 1. The monoisotopic (exact) mass is 231 g/mol. The summed E-state index contributed by atoms with van der Waals surface area (Å²) in [5.74, 6) is 0.196. The molecule has 0 spiro atoms. The van der Waals surface area contributed by atoms with Gasteiger partial charge in [-0.15, -0.1) is 0 Å². The Kier molecular flexibility index (Phi) is 3.54. The zero-order valence-electron chi connectivity index (χ0n) is 10.1. The molecule has 0 aliphatic carbocycles. The van der Waals surface area contributed by atoms with E-state index in [0.717, 1.165) is 16.6 Å². The number of aliphatic hydroxyl groups is 1. The fourth-order valence-electron chi connectivity index (χ4n) is 1.67. The minimum Gasteiger partial charge on any atom is -0.396 e. The fourth-order valence-corrected chi connectivity index (χ4v) is 1.67. The fraction of sp³-hybridized carbons (Fsp3) is 0.385. The van der Waals surface area contributed by atoms with Crippen LogP contribution in [0.5, 0.6) is 0 Å². The predicted octanol–water partition coefficient (Wildman–Crippen LogP) is 2.06. The van der Waals surface area contributed by atoms with Crippen LogP contribution in [0.1, 0.15) is 13.8 Å². The quantitative estimate of drug-likeness (QED) is 0.845. The third-order valence-electron chi connectivity index (χ3n) is 3.07. The first-order valence-electron chi connectivity index (χ1n) is 5.80. The molecule has 2 N–H and O–H groups in total. The molecule has 2 rings (SSSR count). The second-order valence-corrected chi connectivity index (χ2v) is 4.37. The van der Waals surface area contributed by atoms with Crippen LogP contribution in [0.4, 0.5) is 5.69 Å². The lowest BCUT2D eigenvalue weighted by Gasteiger charge is -2.20. The van der Waals surface area contributed by atoms with Gasteiger partial charge in [0.2, 0.25) is 0 Å². The summed E-state index contributed by atoms with van der Waals surface area (Å²) >= 11 is 0. The molecule has 4 heteroatoms. The van der Waals surface area contributed by atoms with E-state index in [4.69, 9.17) is 5.11 Å². The third-order valence-corrected chi connectivity index (χ3v) is 3.07. The summed E-state index contributed by atoms with van der Waals surface area (Å²) in [6.45, 7) is 4.23. The minimum absolute atomic E-state index is 0.171. The maximum atomic E-state index is 9.13. The van der Waals surface area contributed by atoms with Crippen LogP contribution in [0.15, 0.2) is 30.5 Å². The van der Waals surface area contributed by atoms with Crippen LogP contribution < -0.4 is 5.32 Å². The van der Waals surface area contributed by atoms with Crippen LogP contribution >= 0.6 is 0 Å². The molecule has 2 aromatic rings. The van der Waals surface area contributed by atoms with Crippen molar-refractivity contribution >= 4 is 16.6 Å². The number of rotatable bonds is 4. The number of nitrogens with one attached hydrogen (secondary N) is 1.